The lowest BCUT2D eigenvalue weighted by molar-refractivity contribution is -0.262. The van der Waals surface area contributed by atoms with Crippen molar-refractivity contribution in [3.8, 4) is 0 Å². The molecule has 0 aromatic heterocycles. The van der Waals surface area contributed by atoms with Crippen LogP contribution in [0.5, 0.6) is 0 Å². The summed E-state index contributed by atoms with van der Waals surface area (Å²) in [6.07, 6.45) is 30.9. The van der Waals surface area contributed by atoms with Crippen molar-refractivity contribution in [1.29, 1.82) is 0 Å². The topological polar surface area (TPSA) is 249 Å². The molecule has 0 aromatic rings. The third-order valence-electron chi connectivity index (χ3n) is 28.4. The van der Waals surface area contributed by atoms with Gasteiger partial charge in [-0.2, -0.15) is 0 Å². The van der Waals surface area contributed by atoms with E-state index in [0.29, 0.717) is 80.7 Å². The highest BCUT2D eigenvalue weighted by atomic mass is 16.7. The van der Waals surface area contributed by atoms with E-state index in [9.17, 15) is 43.5 Å². The molecule has 0 amide bonds. The number of carbonyl (C=O) groups excluding carboxylic acids is 8. The fourth-order valence-electron chi connectivity index (χ4n) is 21.1. The molecule has 2 aliphatic heterocycles. The van der Waals surface area contributed by atoms with Gasteiger partial charge in [0.1, 0.15) is 35.8 Å². The third kappa shape index (κ3) is 23.8. The van der Waals surface area contributed by atoms with Crippen LogP contribution >= 0.6 is 0 Å². The minimum atomic E-state index is -0.687. The minimum Gasteiger partial charge on any atom is -0.463 e. The van der Waals surface area contributed by atoms with Crippen LogP contribution in [0.3, 0.4) is 0 Å². The third-order valence-corrected chi connectivity index (χ3v) is 28.4. The molecule has 10 atom stereocenters. The standard InChI is InChI=1S/C23H38O4.C18H30O2.C16H22O6.C16H26O3.C10H16O4.10CH4/c1-4-21(2,3)20(24)27-23-13-17-10-18(14-23)12-22(11-17,15-23)26-16-25-19-8-6-5-7-9-19;1-5-17(3,4)16(19)20-18(6-2)14-8-12-7-13(10-14)11-15(18)9-12;1-4-16(2,3)15(19)20-7-11(17)21-12-8-5-9-10(6-8)14(18)22-13(9)12;1-4-14(2,3)13(17)19-16-8-11-5-12(9-16)7-15(18,6-11)10-16;1-4-10(2,3)9(12)14-7-5-6-13-8(7)11;;;;;;;;;;/h17-19H,4-16H2,1-3H3;12-15H,5-11H2,1-4H3;8-10,12-13H,4-7H2,1-3H3;11-12,18H,4-10H2,1-3H3;7H,4-6H2,1-3H3;10*1H4. The zero-order valence-corrected chi connectivity index (χ0v) is 65.5. The van der Waals surface area contributed by atoms with Crippen LogP contribution < -0.4 is 0 Å². The summed E-state index contributed by atoms with van der Waals surface area (Å²) in [6, 6.07) is 0. The molecule has 19 heteroatoms. The summed E-state index contributed by atoms with van der Waals surface area (Å²) in [5.41, 5.74) is -3.75. The van der Waals surface area contributed by atoms with Crippen LogP contribution in [-0.4, -0.2) is 125 Å². The lowest BCUT2D eigenvalue weighted by Crippen LogP contribution is -2.62. The maximum atomic E-state index is 12.8. The van der Waals surface area contributed by atoms with E-state index in [2.05, 4.69) is 20.8 Å². The van der Waals surface area contributed by atoms with Gasteiger partial charge in [-0.1, -0.05) is 135 Å². The van der Waals surface area contributed by atoms with Gasteiger partial charge in [-0.05, 0) is 277 Å². The van der Waals surface area contributed by atoms with Crippen LogP contribution in [0.2, 0.25) is 0 Å². The number of aliphatic hydroxyl groups is 1. The Kier molecular flexibility index (Phi) is 40.2. The summed E-state index contributed by atoms with van der Waals surface area (Å²) in [6.45, 7) is 31.7. The van der Waals surface area contributed by atoms with Gasteiger partial charge in [-0.25, -0.2) is 9.59 Å². The molecule has 2 saturated heterocycles. The first-order valence-corrected chi connectivity index (χ1v) is 40.4. The Bertz CT molecular complexity index is 2950. The fourth-order valence-corrected chi connectivity index (χ4v) is 21.1. The van der Waals surface area contributed by atoms with Crippen molar-refractivity contribution in [2.24, 2.45) is 92.2 Å². The molecule has 15 saturated carbocycles. The highest BCUT2D eigenvalue weighted by Gasteiger charge is 2.65. The van der Waals surface area contributed by atoms with E-state index in [-0.39, 0.29) is 169 Å². The first-order valence-electron chi connectivity index (χ1n) is 40.4. The molecule has 0 radical (unpaired) electrons. The van der Waals surface area contributed by atoms with Gasteiger partial charge in [0.05, 0.1) is 56.9 Å². The average Bonchev–Trinajstić information content (AvgIpc) is 1.23. The predicted octanol–water partition coefficient (Wildman–Crippen LogP) is 22.1. The van der Waals surface area contributed by atoms with Crippen molar-refractivity contribution in [3.63, 3.8) is 0 Å². The Balaban J connectivity index is 0.00000136. The van der Waals surface area contributed by atoms with Crippen molar-refractivity contribution in [2.75, 3.05) is 20.0 Å². The first-order chi connectivity index (χ1) is 47.8. The second-order valence-corrected chi connectivity index (χ2v) is 38.1. The zero-order chi connectivity index (χ0) is 74.4. The van der Waals surface area contributed by atoms with Gasteiger partial charge in [-0.3, -0.25) is 28.8 Å². The average molecular weight is 1590 g/mol. The molecule has 17 rings (SSSR count). The molecule has 15 aliphatic carbocycles. The zero-order valence-electron chi connectivity index (χ0n) is 65.5. The Morgan fingerprint density at radius 3 is 1.31 bits per heavy atom. The first kappa shape index (κ1) is 108. The number of fused-ring (bicyclic) bond motifs is 1. The van der Waals surface area contributed by atoms with Gasteiger partial charge < -0.3 is 52.5 Å². The maximum Gasteiger partial charge on any atom is 0.347 e. The molecule has 0 spiro atoms. The second kappa shape index (κ2) is 41.8. The Hall–Kier alpha value is -4.36. The van der Waals surface area contributed by atoms with E-state index in [1.54, 1.807) is 27.7 Å². The molecule has 19 nitrogen and oxygen atoms in total. The van der Waals surface area contributed by atoms with Gasteiger partial charge in [-0.15, -0.1) is 0 Å². The van der Waals surface area contributed by atoms with Crippen LogP contribution in [0.1, 0.15) is 384 Å². The van der Waals surface area contributed by atoms with Crippen LogP contribution in [0.15, 0.2) is 0 Å². The number of hydrogen-bond donors (Lipinski definition) is 1. The quantitative estimate of drug-likeness (QED) is 0.0601. The molecule has 10 unspecified atom stereocenters. The van der Waals surface area contributed by atoms with Crippen molar-refractivity contribution < 1.29 is 90.8 Å². The van der Waals surface area contributed by atoms with E-state index in [1.165, 1.54) is 77.0 Å². The maximum absolute atomic E-state index is 12.8. The van der Waals surface area contributed by atoms with Gasteiger partial charge in [0.15, 0.2) is 6.61 Å². The van der Waals surface area contributed by atoms with Crippen molar-refractivity contribution in [2.45, 2.75) is 437 Å². The summed E-state index contributed by atoms with van der Waals surface area (Å²) >= 11 is 0. The van der Waals surface area contributed by atoms with E-state index < -0.39 is 51.3 Å². The molecule has 112 heavy (non-hydrogen) atoms. The Labute approximate surface area is 684 Å². The van der Waals surface area contributed by atoms with E-state index in [4.69, 9.17) is 47.4 Å². The largest absolute Gasteiger partial charge is 0.463 e. The SMILES string of the molecule is C.C.C.C.C.C.C.C.C.C.CCC(C)(C)C(=O)OC1(CC)C2CC3CC(C2)CC1C3.CCC(C)(C)C(=O)OC12CC3CC(CC(O)(C3)C1)C2.CCC(C)(C)C(=O)OC12CC3CC(CC(OCOC4CCCCC4)(C3)C1)C2.CCC(C)(C)C(=O)OC1CCOC1=O.CCC(C)(C)C(=O)OCC(=O)OC1C2CC3C(=O)OC1C3C2. The fraction of sp³-hybridized carbons (Fsp3) is 0.914. The summed E-state index contributed by atoms with van der Waals surface area (Å²) in [5.74, 6) is 3.93. The summed E-state index contributed by atoms with van der Waals surface area (Å²) < 4.78 is 56.6. The van der Waals surface area contributed by atoms with Crippen LogP contribution in [-0.2, 0) is 85.7 Å². The van der Waals surface area contributed by atoms with Gasteiger partial charge in [0.25, 0.3) is 0 Å². The normalized spacial score (nSPS) is 34.3. The molecule has 17 aliphatic rings. The summed E-state index contributed by atoms with van der Waals surface area (Å²) in [7, 11) is 0. The predicted molar refractivity (Wildman–Crippen MR) is 448 cm³/mol. The molecular formula is C93H172O19. The molecule has 1 N–H and O–H groups in total. The van der Waals surface area contributed by atoms with Crippen molar-refractivity contribution in [1.82, 2.24) is 0 Å². The monoisotopic (exact) mass is 1590 g/mol. The number of hydrogen-bond acceptors (Lipinski definition) is 19. The number of cyclic esters (lactones) is 1. The molecule has 0 aromatic carbocycles. The Morgan fingerprint density at radius 1 is 0.455 bits per heavy atom. The minimum absolute atomic E-state index is 0. The molecule has 17 fully saturated rings. The number of carbonyl (C=O) groups is 8. The Morgan fingerprint density at radius 2 is 0.875 bits per heavy atom. The van der Waals surface area contributed by atoms with Crippen LogP contribution in [0.4, 0.5) is 0 Å². The molecule has 658 valence electrons. The van der Waals surface area contributed by atoms with Crippen molar-refractivity contribution >= 4 is 47.8 Å². The second-order valence-electron chi connectivity index (χ2n) is 38.1. The number of ether oxygens (including phenoxy) is 10. The van der Waals surface area contributed by atoms with Gasteiger partial charge >= 0.3 is 47.8 Å². The van der Waals surface area contributed by atoms with E-state index in [0.717, 1.165) is 108 Å². The summed E-state index contributed by atoms with van der Waals surface area (Å²) in [4.78, 5) is 95.8. The molecule has 14 bridgehead atoms. The summed E-state index contributed by atoms with van der Waals surface area (Å²) in [5, 5.41) is 10.6. The molecular weight excluding hydrogens is 1420 g/mol. The highest BCUT2D eigenvalue weighted by Crippen LogP contribution is 2.64. The van der Waals surface area contributed by atoms with Crippen molar-refractivity contribution in [3.05, 3.63) is 0 Å². The van der Waals surface area contributed by atoms with Crippen LogP contribution in [0.25, 0.3) is 0 Å². The van der Waals surface area contributed by atoms with Gasteiger partial charge in [0.2, 0.25) is 6.10 Å². The van der Waals surface area contributed by atoms with Crippen LogP contribution in [0, 0.1) is 92.2 Å². The lowest BCUT2D eigenvalue weighted by Gasteiger charge is -2.60. The van der Waals surface area contributed by atoms with Gasteiger partial charge in [0, 0.05) is 31.1 Å². The smallest absolute Gasteiger partial charge is 0.347 e. The number of rotatable bonds is 22. The molecule has 2 heterocycles. The van der Waals surface area contributed by atoms with E-state index in [1.807, 2.05) is 62.3 Å². The van der Waals surface area contributed by atoms with E-state index >= 15 is 0 Å². The highest BCUT2D eigenvalue weighted by molar-refractivity contribution is 5.83. The lowest BCUT2D eigenvalue weighted by atomic mass is 9.49. The number of esters is 8.